The molecule has 2 aromatic heterocycles. The first-order chi connectivity index (χ1) is 7.24. The third kappa shape index (κ3) is 3.41. The number of hydrogen-bond acceptors (Lipinski definition) is 4. The van der Waals surface area contributed by atoms with E-state index in [0.29, 0.717) is 9.69 Å². The largest absolute Gasteiger partial charge is 0.449 e. The first-order valence-corrected chi connectivity index (χ1v) is 6.89. The van der Waals surface area contributed by atoms with Gasteiger partial charge < -0.3 is 4.42 Å². The lowest BCUT2D eigenvalue weighted by molar-refractivity contribution is 0.532. The Hall–Kier alpha value is -0.160. The molecule has 6 heteroatoms. The molecule has 0 atom stereocenters. The Labute approximate surface area is 106 Å². The fraction of sp³-hybridized carbons (Fsp3) is 0.222. The lowest BCUT2D eigenvalue weighted by Gasteiger charge is -1.95. The van der Waals surface area contributed by atoms with Crippen LogP contribution >= 0.6 is 46.3 Å². The van der Waals surface area contributed by atoms with Crippen LogP contribution in [0.25, 0.3) is 0 Å². The lowest BCUT2D eigenvalue weighted by atomic mass is 10.5. The van der Waals surface area contributed by atoms with E-state index in [2.05, 4.69) is 4.98 Å². The van der Waals surface area contributed by atoms with Gasteiger partial charge in [0.1, 0.15) is 5.76 Å². The maximum atomic E-state index is 5.72. The second kappa shape index (κ2) is 5.25. The average molecular weight is 280 g/mol. The van der Waals surface area contributed by atoms with Crippen molar-refractivity contribution in [2.45, 2.75) is 11.5 Å². The van der Waals surface area contributed by atoms with E-state index in [4.69, 9.17) is 27.6 Å². The summed E-state index contributed by atoms with van der Waals surface area (Å²) in [5.74, 6) is 2.59. The molecule has 2 nitrogen and oxygen atoms in total. The van der Waals surface area contributed by atoms with Gasteiger partial charge in [-0.2, -0.15) is 0 Å². The molecule has 0 saturated heterocycles. The molecule has 0 spiro atoms. The highest BCUT2D eigenvalue weighted by molar-refractivity contribution is 7.97. The van der Waals surface area contributed by atoms with Crippen LogP contribution in [-0.4, -0.2) is 4.98 Å². The van der Waals surface area contributed by atoms with Gasteiger partial charge in [-0.1, -0.05) is 11.6 Å². The van der Waals surface area contributed by atoms with Crippen LogP contribution in [0, 0.1) is 0 Å². The first-order valence-electron chi connectivity index (χ1n) is 4.16. The van der Waals surface area contributed by atoms with Gasteiger partial charge in [0.15, 0.2) is 9.69 Å². The van der Waals surface area contributed by atoms with Crippen LogP contribution in [0.4, 0.5) is 0 Å². The van der Waals surface area contributed by atoms with Crippen molar-refractivity contribution in [2.24, 2.45) is 0 Å². The zero-order valence-electron chi connectivity index (χ0n) is 7.57. The summed E-state index contributed by atoms with van der Waals surface area (Å²) in [6.45, 7) is 0. The number of hydrogen-bond donors (Lipinski definition) is 0. The topological polar surface area (TPSA) is 26.0 Å². The van der Waals surface area contributed by atoms with Crippen LogP contribution in [0.15, 0.2) is 22.7 Å². The summed E-state index contributed by atoms with van der Waals surface area (Å²) >= 11 is 14.6. The second-order valence-electron chi connectivity index (χ2n) is 2.78. The number of halogens is 2. The number of aromatic nitrogens is 1. The molecular weight excluding hydrogens is 273 g/mol. The van der Waals surface area contributed by atoms with Gasteiger partial charge in [0.2, 0.25) is 0 Å². The minimum Gasteiger partial charge on any atom is -0.449 e. The van der Waals surface area contributed by atoms with Crippen molar-refractivity contribution >= 4 is 46.3 Å². The Morgan fingerprint density at radius 2 is 2.20 bits per heavy atom. The molecule has 0 N–H and O–H groups in total. The first kappa shape index (κ1) is 11.3. The molecule has 0 unspecified atom stereocenters. The summed E-state index contributed by atoms with van der Waals surface area (Å²) in [5.41, 5.74) is 0. The summed E-state index contributed by atoms with van der Waals surface area (Å²) in [6, 6.07) is 3.63. The summed E-state index contributed by atoms with van der Waals surface area (Å²) in [5, 5.41) is 0.437. The number of thiazole rings is 1. The predicted molar refractivity (Wildman–Crippen MR) is 65.8 cm³/mol. The summed E-state index contributed by atoms with van der Waals surface area (Å²) in [7, 11) is 0. The molecule has 0 aliphatic heterocycles. The van der Waals surface area contributed by atoms with Gasteiger partial charge in [0.25, 0.3) is 0 Å². The van der Waals surface area contributed by atoms with Crippen LogP contribution in [0.2, 0.25) is 9.69 Å². The minimum atomic E-state index is 0.437. The molecule has 0 amide bonds. The molecule has 0 fully saturated rings. The quantitative estimate of drug-likeness (QED) is 0.826. The van der Waals surface area contributed by atoms with E-state index in [0.717, 1.165) is 17.3 Å². The molecule has 2 heterocycles. The highest BCUT2D eigenvalue weighted by Crippen LogP contribution is 2.25. The number of furan rings is 1. The maximum Gasteiger partial charge on any atom is 0.193 e. The van der Waals surface area contributed by atoms with Crippen molar-refractivity contribution in [1.82, 2.24) is 4.98 Å². The van der Waals surface area contributed by atoms with Crippen molar-refractivity contribution in [3.05, 3.63) is 38.7 Å². The van der Waals surface area contributed by atoms with Crippen molar-refractivity contribution < 1.29 is 4.42 Å². The van der Waals surface area contributed by atoms with E-state index in [9.17, 15) is 0 Å². The van der Waals surface area contributed by atoms with E-state index in [-0.39, 0.29) is 0 Å². The molecule has 2 rings (SSSR count). The van der Waals surface area contributed by atoms with E-state index < -0.39 is 0 Å². The molecule has 15 heavy (non-hydrogen) atoms. The van der Waals surface area contributed by atoms with Gasteiger partial charge in [-0.3, -0.25) is 0 Å². The van der Waals surface area contributed by atoms with Crippen molar-refractivity contribution in [2.75, 3.05) is 0 Å². The molecule has 2 aromatic rings. The Kier molecular flexibility index (Phi) is 3.97. The van der Waals surface area contributed by atoms with Crippen LogP contribution < -0.4 is 0 Å². The minimum absolute atomic E-state index is 0.437. The van der Waals surface area contributed by atoms with Crippen molar-refractivity contribution in [1.29, 1.82) is 0 Å². The highest BCUT2D eigenvalue weighted by Gasteiger charge is 2.02. The Balaban J connectivity index is 1.80. The lowest BCUT2D eigenvalue weighted by Crippen LogP contribution is -1.76. The predicted octanol–water partition coefficient (Wildman–Crippen LogP) is 4.48. The highest BCUT2D eigenvalue weighted by atomic mass is 35.5. The van der Waals surface area contributed by atoms with E-state index in [1.165, 1.54) is 16.2 Å². The smallest absolute Gasteiger partial charge is 0.193 e. The SMILES string of the molecule is Clc1ccc(CSCc2cnc(Cl)s2)o1. The number of thioether (sulfide) groups is 1. The fourth-order valence-electron chi connectivity index (χ4n) is 1.03. The molecule has 80 valence electrons. The number of rotatable bonds is 4. The van der Waals surface area contributed by atoms with Gasteiger partial charge >= 0.3 is 0 Å². The van der Waals surface area contributed by atoms with Crippen molar-refractivity contribution in [3.8, 4) is 0 Å². The molecular formula is C9H7Cl2NOS2. The monoisotopic (exact) mass is 279 g/mol. The van der Waals surface area contributed by atoms with Crippen LogP contribution in [0.1, 0.15) is 10.6 Å². The maximum absolute atomic E-state index is 5.72. The Morgan fingerprint density at radius 3 is 2.80 bits per heavy atom. The summed E-state index contributed by atoms with van der Waals surface area (Å²) in [6.07, 6.45) is 1.80. The van der Waals surface area contributed by atoms with Gasteiger partial charge in [-0.15, -0.1) is 23.1 Å². The number of nitrogens with zero attached hydrogens (tertiary/aromatic N) is 1. The summed E-state index contributed by atoms with van der Waals surface area (Å²) < 4.78 is 5.82. The molecule has 0 saturated carbocycles. The van der Waals surface area contributed by atoms with Crippen molar-refractivity contribution in [3.63, 3.8) is 0 Å². The summed E-state index contributed by atoms with van der Waals surface area (Å²) in [4.78, 5) is 5.14. The van der Waals surface area contributed by atoms with Crippen LogP contribution in [-0.2, 0) is 11.5 Å². The third-order valence-electron chi connectivity index (χ3n) is 1.64. The normalized spacial score (nSPS) is 10.8. The second-order valence-corrected chi connectivity index (χ2v) is 5.83. The zero-order valence-corrected chi connectivity index (χ0v) is 10.7. The third-order valence-corrected chi connectivity index (χ3v) is 4.15. The molecule has 0 aliphatic rings. The average Bonchev–Trinajstić information content (AvgIpc) is 2.76. The Morgan fingerprint density at radius 1 is 1.33 bits per heavy atom. The van der Waals surface area contributed by atoms with Gasteiger partial charge in [-0.25, -0.2) is 4.98 Å². The van der Waals surface area contributed by atoms with Gasteiger partial charge in [0, 0.05) is 16.8 Å². The van der Waals surface area contributed by atoms with E-state index in [1.54, 1.807) is 24.0 Å². The van der Waals surface area contributed by atoms with Gasteiger partial charge in [0.05, 0.1) is 5.75 Å². The standard InChI is InChI=1S/C9H7Cl2NOS2/c10-8-2-1-6(13-8)4-14-5-7-3-12-9(11)15-7/h1-3H,4-5H2. The van der Waals surface area contributed by atoms with Gasteiger partial charge in [-0.05, 0) is 23.7 Å². The van der Waals surface area contributed by atoms with Crippen LogP contribution in [0.5, 0.6) is 0 Å². The zero-order chi connectivity index (χ0) is 10.7. The van der Waals surface area contributed by atoms with E-state index in [1.807, 2.05) is 6.07 Å². The molecule has 0 aromatic carbocycles. The Bertz CT molecular complexity index is 401. The fourth-order valence-corrected chi connectivity index (χ4v) is 3.19. The van der Waals surface area contributed by atoms with Crippen LogP contribution in [0.3, 0.4) is 0 Å². The van der Waals surface area contributed by atoms with E-state index >= 15 is 0 Å². The molecule has 0 bridgehead atoms. The molecule has 0 radical (unpaired) electrons. The molecule has 0 aliphatic carbocycles.